The number of hydrogen-bond donors (Lipinski definition) is 1. The van der Waals surface area contributed by atoms with Crippen molar-refractivity contribution < 1.29 is 33.1 Å². The van der Waals surface area contributed by atoms with Gasteiger partial charge >= 0.3 is 20.6 Å². The molecule has 0 aromatic heterocycles. The van der Waals surface area contributed by atoms with Gasteiger partial charge in [-0.3, -0.25) is 9.69 Å². The third-order valence-electron chi connectivity index (χ3n) is 7.16. The average molecular weight is 577 g/mol. The Kier molecular flexibility index (Phi) is 12.0. The third-order valence-corrected chi connectivity index (χ3v) is 11.2. The maximum Gasteiger partial charge on any atom is 0.410 e. The van der Waals surface area contributed by atoms with Crippen molar-refractivity contribution in [3.63, 3.8) is 0 Å². The van der Waals surface area contributed by atoms with Crippen molar-refractivity contribution >= 4 is 26.5 Å². The molecule has 2 amide bonds. The quantitative estimate of drug-likeness (QED) is 0.229. The molecular formula is C30H48N2O7Si. The highest BCUT2D eigenvalue weighted by atomic mass is 28.4. The minimum absolute atomic E-state index is 0.0111. The largest absolute Gasteiger partial charge is 0.458 e. The van der Waals surface area contributed by atoms with Crippen LogP contribution in [0.1, 0.15) is 66.9 Å². The Morgan fingerprint density at radius 2 is 1.75 bits per heavy atom. The molecule has 0 saturated carbocycles. The molecule has 0 spiro atoms. The molecule has 10 heteroatoms. The van der Waals surface area contributed by atoms with Crippen LogP contribution in [0.5, 0.6) is 0 Å². The van der Waals surface area contributed by atoms with E-state index in [-0.39, 0.29) is 43.0 Å². The van der Waals surface area contributed by atoms with Gasteiger partial charge in [-0.15, -0.1) is 0 Å². The lowest BCUT2D eigenvalue weighted by molar-refractivity contribution is -0.169. The number of carbonyl (C=O) groups is 3. The summed E-state index contributed by atoms with van der Waals surface area (Å²) in [7, 11) is -1.58. The molecule has 224 valence electrons. The maximum absolute atomic E-state index is 14.2. The molecule has 1 aliphatic heterocycles. The fraction of sp³-hybridized carbons (Fsp3) is 0.633. The molecule has 0 bridgehead atoms. The molecule has 3 atom stereocenters. The predicted octanol–water partition coefficient (Wildman–Crippen LogP) is 4.82. The normalized spacial score (nSPS) is 18.8. The summed E-state index contributed by atoms with van der Waals surface area (Å²) in [6.45, 7) is 16.9. The molecular weight excluding hydrogens is 528 g/mol. The minimum atomic E-state index is -3.10. The van der Waals surface area contributed by atoms with E-state index in [4.69, 9.17) is 13.9 Å². The number of hydrogen-bond acceptors (Lipinski definition) is 7. The fourth-order valence-corrected chi connectivity index (χ4v) is 7.51. The van der Waals surface area contributed by atoms with E-state index < -0.39 is 44.4 Å². The number of benzene rings is 1. The van der Waals surface area contributed by atoms with Gasteiger partial charge in [-0.1, -0.05) is 70.7 Å². The Bertz CT molecular complexity index is 1000. The van der Waals surface area contributed by atoms with Crippen molar-refractivity contribution in [2.24, 2.45) is 0 Å². The summed E-state index contributed by atoms with van der Waals surface area (Å²) < 4.78 is 17.3. The summed E-state index contributed by atoms with van der Waals surface area (Å²) in [6, 6.07) is 7.54. The first kappa shape index (κ1) is 33.5. The average Bonchev–Trinajstić information content (AvgIpc) is 2.88. The second kappa shape index (κ2) is 14.3. The van der Waals surface area contributed by atoms with E-state index in [0.717, 1.165) is 5.56 Å². The Hall–Kier alpha value is -2.69. The summed E-state index contributed by atoms with van der Waals surface area (Å²) in [4.78, 5) is 54.7. The number of ether oxygens (including phenoxy) is 2. The van der Waals surface area contributed by atoms with E-state index in [1.54, 1.807) is 20.8 Å². The first-order valence-corrected chi connectivity index (χ1v) is 16.1. The van der Waals surface area contributed by atoms with Crippen LogP contribution in [-0.4, -0.2) is 85.1 Å². The van der Waals surface area contributed by atoms with Gasteiger partial charge in [0.25, 0.3) is 0 Å². The van der Waals surface area contributed by atoms with Crippen LogP contribution in [-0.2, 0) is 29.9 Å². The molecule has 1 N–H and O–H groups in total. The van der Waals surface area contributed by atoms with Crippen LogP contribution in [0.3, 0.4) is 0 Å². The molecule has 1 fully saturated rings. The number of nitrogens with zero attached hydrogens (tertiary/aromatic N) is 2. The molecule has 0 aliphatic carbocycles. The van der Waals surface area contributed by atoms with Crippen LogP contribution in [0.2, 0.25) is 11.1 Å². The van der Waals surface area contributed by atoms with Crippen LogP contribution >= 0.6 is 0 Å². The Balaban J connectivity index is 2.42. The number of piperidine rings is 1. The molecule has 40 heavy (non-hydrogen) atoms. The molecule has 1 aliphatic rings. The van der Waals surface area contributed by atoms with Gasteiger partial charge in [0.2, 0.25) is 5.91 Å². The van der Waals surface area contributed by atoms with Gasteiger partial charge in [0.1, 0.15) is 24.3 Å². The summed E-state index contributed by atoms with van der Waals surface area (Å²) in [5, 5.41) is 0. The summed E-state index contributed by atoms with van der Waals surface area (Å²) >= 11 is 0. The van der Waals surface area contributed by atoms with E-state index in [0.29, 0.717) is 6.42 Å². The lowest BCUT2D eigenvalue weighted by Crippen LogP contribution is -2.60. The first-order chi connectivity index (χ1) is 18.6. The molecule has 0 radical (unpaired) electrons. The maximum atomic E-state index is 14.2. The molecule has 1 heterocycles. The van der Waals surface area contributed by atoms with Crippen molar-refractivity contribution in [2.45, 2.75) is 103 Å². The minimum Gasteiger partial charge on any atom is -0.458 e. The van der Waals surface area contributed by atoms with E-state index in [1.165, 1.54) is 22.9 Å². The smallest absolute Gasteiger partial charge is 0.410 e. The summed E-state index contributed by atoms with van der Waals surface area (Å²) in [6.07, 6.45) is 1.27. The highest BCUT2D eigenvalue weighted by Crippen LogP contribution is 2.35. The lowest BCUT2D eigenvalue weighted by Gasteiger charge is -2.44. The van der Waals surface area contributed by atoms with Crippen LogP contribution < -0.4 is 0 Å². The third kappa shape index (κ3) is 8.91. The first-order valence-electron chi connectivity index (χ1n) is 14.1. The molecule has 1 aromatic carbocycles. The van der Waals surface area contributed by atoms with E-state index in [1.807, 2.05) is 58.0 Å². The lowest BCUT2D eigenvalue weighted by atomic mass is 9.96. The Morgan fingerprint density at radius 1 is 1.15 bits per heavy atom. The van der Waals surface area contributed by atoms with Gasteiger partial charge in [-0.05, 0) is 43.8 Å². The van der Waals surface area contributed by atoms with Gasteiger partial charge in [0.15, 0.2) is 0 Å². The monoisotopic (exact) mass is 576 g/mol. The number of esters is 1. The Labute approximate surface area is 240 Å². The fourth-order valence-electron chi connectivity index (χ4n) is 4.88. The number of likely N-dealkylation sites (tertiary alicyclic amines) is 1. The van der Waals surface area contributed by atoms with Gasteiger partial charge < -0.3 is 23.6 Å². The van der Waals surface area contributed by atoms with Crippen molar-refractivity contribution in [1.29, 1.82) is 0 Å². The van der Waals surface area contributed by atoms with Crippen molar-refractivity contribution in [2.75, 3.05) is 20.2 Å². The van der Waals surface area contributed by atoms with Crippen LogP contribution in [0.4, 0.5) is 4.79 Å². The molecule has 9 nitrogen and oxygen atoms in total. The van der Waals surface area contributed by atoms with Gasteiger partial charge in [-0.2, -0.15) is 0 Å². The number of carbonyl (C=O) groups excluding carboxylic acids is 3. The van der Waals surface area contributed by atoms with Crippen molar-refractivity contribution in [3.05, 3.63) is 48.6 Å². The zero-order valence-electron chi connectivity index (χ0n) is 25.4. The molecule has 2 rings (SSSR count). The van der Waals surface area contributed by atoms with E-state index >= 15 is 0 Å². The second-order valence-electron chi connectivity index (χ2n) is 12.1. The van der Waals surface area contributed by atoms with Crippen molar-refractivity contribution in [1.82, 2.24) is 9.80 Å². The van der Waals surface area contributed by atoms with Gasteiger partial charge in [-0.25, -0.2) is 9.59 Å². The second-order valence-corrected chi connectivity index (χ2v) is 16.1. The van der Waals surface area contributed by atoms with Crippen molar-refractivity contribution in [3.8, 4) is 0 Å². The zero-order valence-corrected chi connectivity index (χ0v) is 26.4. The van der Waals surface area contributed by atoms with E-state index in [9.17, 15) is 19.2 Å². The summed E-state index contributed by atoms with van der Waals surface area (Å²) in [5.41, 5.74) is 0.0103. The Morgan fingerprint density at radius 3 is 2.27 bits per heavy atom. The highest BCUT2D eigenvalue weighted by molar-refractivity contribution is 6.68. The van der Waals surface area contributed by atoms with Crippen LogP contribution in [0.25, 0.3) is 0 Å². The SMILES string of the molecule is C=CCOC(=O)N(C)[C@@H](Cc1ccccc1)C(=O)N1CC[C@H](O[Si](O)(C(C)C)C(C)C)C[C@H]1C(=O)OC(C)(C)C. The topological polar surface area (TPSA) is 106 Å². The molecule has 1 saturated heterocycles. The number of amides is 2. The highest BCUT2D eigenvalue weighted by Gasteiger charge is 2.47. The van der Waals surface area contributed by atoms with Crippen LogP contribution in [0, 0.1) is 0 Å². The van der Waals surface area contributed by atoms with E-state index in [2.05, 4.69) is 6.58 Å². The molecule has 1 aromatic rings. The van der Waals surface area contributed by atoms with Crippen LogP contribution in [0.15, 0.2) is 43.0 Å². The standard InChI is InChI=1S/C30H48N2O7Si/c1-10-18-37-29(35)31(9)25(19-23-14-12-11-13-15-23)27(33)32-17-16-24(39-40(36,21(2)3)22(4)5)20-26(32)28(34)38-30(6,7)8/h10-15,21-22,24-26,36H,1,16-20H2,2-9H3/t24-,25-,26-/m0/s1. The summed E-state index contributed by atoms with van der Waals surface area (Å²) in [5.74, 6) is -0.916. The van der Waals surface area contributed by atoms with Gasteiger partial charge in [0, 0.05) is 26.4 Å². The number of rotatable bonds is 11. The van der Waals surface area contributed by atoms with Gasteiger partial charge in [0.05, 0.1) is 6.10 Å². The zero-order chi connectivity index (χ0) is 30.3. The molecule has 0 unspecified atom stereocenters. The predicted molar refractivity (Wildman–Crippen MR) is 157 cm³/mol. The number of likely N-dealkylation sites (N-methyl/N-ethyl adjacent to an activating group) is 1.